The van der Waals surface area contributed by atoms with Crippen LogP contribution in [-0.2, 0) is 12.8 Å². The Morgan fingerprint density at radius 2 is 2.11 bits per heavy atom. The van der Waals surface area contributed by atoms with E-state index in [2.05, 4.69) is 30.1 Å². The number of nitrogens with zero attached hydrogens (tertiary/aromatic N) is 3. The molecule has 0 aliphatic heterocycles. The van der Waals surface area contributed by atoms with Gasteiger partial charge in [0.15, 0.2) is 5.82 Å². The summed E-state index contributed by atoms with van der Waals surface area (Å²) in [7, 11) is 0. The van der Waals surface area contributed by atoms with Crippen LogP contribution in [0.4, 0.5) is 0 Å². The van der Waals surface area contributed by atoms with Gasteiger partial charge in [0.05, 0.1) is 12.5 Å². The molecule has 0 fully saturated rings. The fourth-order valence-corrected chi connectivity index (χ4v) is 1.85. The zero-order valence-electron chi connectivity index (χ0n) is 11.3. The third kappa shape index (κ3) is 3.41. The number of hydrogen-bond donors (Lipinski definition) is 0. The Balaban J connectivity index is 2.21. The van der Waals surface area contributed by atoms with E-state index < -0.39 is 0 Å². The summed E-state index contributed by atoms with van der Waals surface area (Å²) in [6.45, 7) is 4.34. The standard InChI is InChI=1S/C15H17N3O/c1-11(2)7-8-14-17-15(19-18-14)13-6-4-3-5-12(13)9-10-16/h3-6,11H,7-9H2,1-2H3. The van der Waals surface area contributed by atoms with Gasteiger partial charge in [-0.1, -0.05) is 37.2 Å². The van der Waals surface area contributed by atoms with E-state index in [0.29, 0.717) is 18.2 Å². The molecule has 1 heterocycles. The van der Waals surface area contributed by atoms with Gasteiger partial charge in [0.2, 0.25) is 0 Å². The van der Waals surface area contributed by atoms with Gasteiger partial charge in [0.1, 0.15) is 0 Å². The quantitative estimate of drug-likeness (QED) is 0.821. The van der Waals surface area contributed by atoms with Crippen molar-refractivity contribution in [3.8, 4) is 17.5 Å². The summed E-state index contributed by atoms with van der Waals surface area (Å²) in [5.74, 6) is 1.85. The maximum absolute atomic E-state index is 8.82. The Hall–Kier alpha value is -2.15. The van der Waals surface area contributed by atoms with Gasteiger partial charge in [0, 0.05) is 12.0 Å². The van der Waals surface area contributed by atoms with Gasteiger partial charge >= 0.3 is 0 Å². The molecular weight excluding hydrogens is 238 g/mol. The van der Waals surface area contributed by atoms with Crippen LogP contribution in [0.5, 0.6) is 0 Å². The molecule has 2 aromatic rings. The Labute approximate surface area is 113 Å². The van der Waals surface area contributed by atoms with Gasteiger partial charge in [-0.2, -0.15) is 10.2 Å². The number of nitriles is 1. The predicted octanol–water partition coefficient (Wildman–Crippen LogP) is 3.39. The first-order valence-electron chi connectivity index (χ1n) is 6.48. The molecule has 1 aromatic heterocycles. The normalized spacial score (nSPS) is 10.6. The molecule has 0 saturated heterocycles. The second-order valence-electron chi connectivity index (χ2n) is 4.94. The molecule has 0 spiro atoms. The molecule has 98 valence electrons. The van der Waals surface area contributed by atoms with Crippen LogP contribution in [-0.4, -0.2) is 10.1 Å². The van der Waals surface area contributed by atoms with Gasteiger partial charge in [-0.3, -0.25) is 0 Å². The highest BCUT2D eigenvalue weighted by Crippen LogP contribution is 2.22. The highest BCUT2D eigenvalue weighted by molar-refractivity contribution is 5.58. The molecule has 0 radical (unpaired) electrons. The first kappa shape index (κ1) is 13.3. The van der Waals surface area contributed by atoms with Crippen LogP contribution in [0.2, 0.25) is 0 Å². The van der Waals surface area contributed by atoms with Gasteiger partial charge < -0.3 is 4.52 Å². The number of aromatic nitrogens is 2. The minimum Gasteiger partial charge on any atom is -0.334 e. The molecule has 0 bridgehead atoms. The van der Waals surface area contributed by atoms with Crippen molar-refractivity contribution in [2.75, 3.05) is 0 Å². The molecule has 4 heteroatoms. The first-order chi connectivity index (χ1) is 9.20. The molecular formula is C15H17N3O. The smallest absolute Gasteiger partial charge is 0.258 e. The van der Waals surface area contributed by atoms with Gasteiger partial charge in [-0.25, -0.2) is 0 Å². The average Bonchev–Trinajstić information content (AvgIpc) is 2.86. The van der Waals surface area contributed by atoms with E-state index in [-0.39, 0.29) is 0 Å². The largest absolute Gasteiger partial charge is 0.334 e. The van der Waals surface area contributed by atoms with E-state index in [4.69, 9.17) is 9.78 Å². The fraction of sp³-hybridized carbons (Fsp3) is 0.400. The van der Waals surface area contributed by atoms with Crippen molar-refractivity contribution in [2.24, 2.45) is 5.92 Å². The van der Waals surface area contributed by atoms with Crippen molar-refractivity contribution >= 4 is 0 Å². The van der Waals surface area contributed by atoms with Crippen LogP contribution in [0.15, 0.2) is 28.8 Å². The Kier molecular flexibility index (Phi) is 4.30. The second kappa shape index (κ2) is 6.14. The van der Waals surface area contributed by atoms with Gasteiger partial charge in [-0.15, -0.1) is 0 Å². The minimum atomic E-state index is 0.347. The molecule has 0 unspecified atom stereocenters. The topological polar surface area (TPSA) is 62.7 Å². The van der Waals surface area contributed by atoms with Crippen LogP contribution in [0.1, 0.15) is 31.7 Å². The highest BCUT2D eigenvalue weighted by atomic mass is 16.5. The Morgan fingerprint density at radius 3 is 2.84 bits per heavy atom. The number of hydrogen-bond acceptors (Lipinski definition) is 4. The summed E-state index contributed by atoms with van der Waals surface area (Å²) in [5, 5.41) is 12.8. The fourth-order valence-electron chi connectivity index (χ4n) is 1.85. The summed E-state index contributed by atoms with van der Waals surface area (Å²) < 4.78 is 5.30. The lowest BCUT2D eigenvalue weighted by molar-refractivity contribution is 0.419. The molecule has 4 nitrogen and oxygen atoms in total. The number of rotatable bonds is 5. The van der Waals surface area contributed by atoms with E-state index >= 15 is 0 Å². The molecule has 1 aromatic carbocycles. The summed E-state index contributed by atoms with van der Waals surface area (Å²) >= 11 is 0. The van der Waals surface area contributed by atoms with Crippen LogP contribution in [0.25, 0.3) is 11.5 Å². The highest BCUT2D eigenvalue weighted by Gasteiger charge is 2.12. The second-order valence-corrected chi connectivity index (χ2v) is 4.94. The lowest BCUT2D eigenvalue weighted by atomic mass is 10.1. The van der Waals surface area contributed by atoms with Crippen LogP contribution in [0.3, 0.4) is 0 Å². The van der Waals surface area contributed by atoms with Crippen molar-refractivity contribution in [3.05, 3.63) is 35.7 Å². The molecule has 0 saturated carbocycles. The van der Waals surface area contributed by atoms with Crippen molar-refractivity contribution in [2.45, 2.75) is 33.1 Å². The predicted molar refractivity (Wildman–Crippen MR) is 72.2 cm³/mol. The molecule has 19 heavy (non-hydrogen) atoms. The molecule has 0 aliphatic carbocycles. The van der Waals surface area contributed by atoms with E-state index in [1.807, 2.05) is 24.3 Å². The van der Waals surface area contributed by atoms with E-state index in [1.165, 1.54) is 0 Å². The molecule has 2 rings (SSSR count). The maximum atomic E-state index is 8.82. The summed E-state index contributed by atoms with van der Waals surface area (Å²) in [6, 6.07) is 9.79. The van der Waals surface area contributed by atoms with Crippen LogP contribution in [0, 0.1) is 17.2 Å². The third-order valence-electron chi connectivity index (χ3n) is 2.93. The monoisotopic (exact) mass is 255 g/mol. The Bertz CT molecular complexity index is 581. The lowest BCUT2D eigenvalue weighted by Gasteiger charge is -2.00. The molecule has 0 amide bonds. The first-order valence-corrected chi connectivity index (χ1v) is 6.48. The maximum Gasteiger partial charge on any atom is 0.258 e. The molecule has 0 atom stereocenters. The van der Waals surface area contributed by atoms with Crippen LogP contribution >= 0.6 is 0 Å². The zero-order valence-corrected chi connectivity index (χ0v) is 11.3. The van der Waals surface area contributed by atoms with Crippen molar-refractivity contribution in [3.63, 3.8) is 0 Å². The molecule has 0 N–H and O–H groups in total. The minimum absolute atomic E-state index is 0.347. The van der Waals surface area contributed by atoms with Crippen molar-refractivity contribution < 1.29 is 4.52 Å². The summed E-state index contributed by atoms with van der Waals surface area (Å²) in [6.07, 6.45) is 2.21. The van der Waals surface area contributed by atoms with Crippen molar-refractivity contribution in [1.29, 1.82) is 5.26 Å². The third-order valence-corrected chi connectivity index (χ3v) is 2.93. The average molecular weight is 255 g/mol. The summed E-state index contributed by atoms with van der Waals surface area (Å²) in [5.41, 5.74) is 1.77. The molecule has 0 aliphatic rings. The zero-order chi connectivity index (χ0) is 13.7. The summed E-state index contributed by atoms with van der Waals surface area (Å²) in [4.78, 5) is 4.41. The van der Waals surface area contributed by atoms with Crippen molar-refractivity contribution in [1.82, 2.24) is 10.1 Å². The van der Waals surface area contributed by atoms with E-state index in [9.17, 15) is 0 Å². The SMILES string of the molecule is CC(C)CCc1noc(-c2ccccc2CC#N)n1. The van der Waals surface area contributed by atoms with E-state index in [0.717, 1.165) is 29.8 Å². The number of benzene rings is 1. The lowest BCUT2D eigenvalue weighted by Crippen LogP contribution is -1.94. The number of aryl methyl sites for hydroxylation is 1. The van der Waals surface area contributed by atoms with Gasteiger partial charge in [0.25, 0.3) is 5.89 Å². The van der Waals surface area contributed by atoms with Gasteiger partial charge in [-0.05, 0) is 24.0 Å². The Morgan fingerprint density at radius 1 is 1.32 bits per heavy atom. The van der Waals surface area contributed by atoms with E-state index in [1.54, 1.807) is 0 Å². The van der Waals surface area contributed by atoms with Crippen LogP contribution < -0.4 is 0 Å².